The molecular weight excluding hydrogens is 264 g/mol. The molecule has 0 heterocycles. The van der Waals surface area contributed by atoms with Crippen LogP contribution in [0.25, 0.3) is 0 Å². The van der Waals surface area contributed by atoms with Gasteiger partial charge in [0.25, 0.3) is 0 Å². The summed E-state index contributed by atoms with van der Waals surface area (Å²) in [6.07, 6.45) is 2.64. The predicted molar refractivity (Wildman–Crippen MR) is 73.5 cm³/mol. The summed E-state index contributed by atoms with van der Waals surface area (Å²) in [7, 11) is -1.88. The zero-order valence-electron chi connectivity index (χ0n) is 10.9. The van der Waals surface area contributed by atoms with E-state index in [4.69, 9.17) is 5.14 Å². The highest BCUT2D eigenvalue weighted by Crippen LogP contribution is 2.29. The van der Waals surface area contributed by atoms with Gasteiger partial charge in [0.1, 0.15) is 10.7 Å². The Kier molecular flexibility index (Phi) is 3.91. The third kappa shape index (κ3) is 3.13. The van der Waals surface area contributed by atoms with Gasteiger partial charge in [-0.05, 0) is 25.0 Å². The van der Waals surface area contributed by atoms with Crippen LogP contribution < -0.4 is 10.0 Å². The summed E-state index contributed by atoms with van der Waals surface area (Å²) < 4.78 is 23.2. The number of primary sulfonamides is 1. The SMILES string of the molecule is CN(c1ccccc1S(N)(=O)=O)C1CCC(=O)CC1. The van der Waals surface area contributed by atoms with Crippen LogP contribution in [0, 0.1) is 0 Å². The highest BCUT2D eigenvalue weighted by molar-refractivity contribution is 7.89. The van der Waals surface area contributed by atoms with Crippen molar-refractivity contribution in [2.75, 3.05) is 11.9 Å². The Morgan fingerprint density at radius 1 is 1.21 bits per heavy atom. The highest BCUT2D eigenvalue weighted by atomic mass is 32.2. The summed E-state index contributed by atoms with van der Waals surface area (Å²) in [6, 6.07) is 6.88. The molecule has 0 amide bonds. The van der Waals surface area contributed by atoms with Crippen molar-refractivity contribution in [1.82, 2.24) is 0 Å². The number of sulfonamides is 1. The highest BCUT2D eigenvalue weighted by Gasteiger charge is 2.25. The molecule has 0 aromatic heterocycles. The second-order valence-corrected chi connectivity index (χ2v) is 6.42. The third-order valence-corrected chi connectivity index (χ3v) is 4.57. The Hall–Kier alpha value is -1.40. The van der Waals surface area contributed by atoms with E-state index in [1.807, 2.05) is 11.9 Å². The van der Waals surface area contributed by atoms with Gasteiger partial charge < -0.3 is 4.90 Å². The molecular formula is C13H18N2O3S. The summed E-state index contributed by atoms with van der Waals surface area (Å²) in [6.45, 7) is 0. The van der Waals surface area contributed by atoms with Crippen LogP contribution in [0.4, 0.5) is 5.69 Å². The molecule has 1 aromatic carbocycles. The van der Waals surface area contributed by atoms with E-state index in [-0.39, 0.29) is 16.7 Å². The van der Waals surface area contributed by atoms with Crippen LogP contribution in [0.15, 0.2) is 29.2 Å². The van der Waals surface area contributed by atoms with Crippen LogP contribution in [-0.4, -0.2) is 27.3 Å². The first-order valence-electron chi connectivity index (χ1n) is 6.26. The molecule has 0 atom stereocenters. The van der Waals surface area contributed by atoms with E-state index in [1.165, 1.54) is 6.07 Å². The molecule has 2 rings (SSSR count). The number of hydrogen-bond donors (Lipinski definition) is 1. The van der Waals surface area contributed by atoms with Crippen molar-refractivity contribution >= 4 is 21.5 Å². The molecule has 1 fully saturated rings. The fourth-order valence-corrected chi connectivity index (χ4v) is 3.27. The summed E-state index contributed by atoms with van der Waals surface area (Å²) in [5, 5.41) is 5.24. The summed E-state index contributed by atoms with van der Waals surface area (Å²) >= 11 is 0. The van der Waals surface area contributed by atoms with Crippen molar-refractivity contribution in [2.45, 2.75) is 36.6 Å². The van der Waals surface area contributed by atoms with Crippen LogP contribution in [0.3, 0.4) is 0 Å². The fourth-order valence-electron chi connectivity index (χ4n) is 2.50. The maximum absolute atomic E-state index is 11.6. The number of carbonyl (C=O) groups excluding carboxylic acids is 1. The van der Waals surface area contributed by atoms with E-state index < -0.39 is 10.0 Å². The van der Waals surface area contributed by atoms with Gasteiger partial charge in [-0.15, -0.1) is 0 Å². The quantitative estimate of drug-likeness (QED) is 0.905. The van der Waals surface area contributed by atoms with Crippen molar-refractivity contribution in [3.8, 4) is 0 Å². The maximum Gasteiger partial charge on any atom is 0.240 e. The normalized spacial score (nSPS) is 17.5. The molecule has 6 heteroatoms. The van der Waals surface area contributed by atoms with E-state index in [0.29, 0.717) is 18.5 Å². The van der Waals surface area contributed by atoms with Gasteiger partial charge in [0, 0.05) is 25.9 Å². The van der Waals surface area contributed by atoms with Crippen molar-refractivity contribution in [1.29, 1.82) is 0 Å². The van der Waals surface area contributed by atoms with Gasteiger partial charge in [-0.2, -0.15) is 0 Å². The lowest BCUT2D eigenvalue weighted by Gasteiger charge is -2.33. The van der Waals surface area contributed by atoms with Crippen molar-refractivity contribution in [2.24, 2.45) is 5.14 Å². The second-order valence-electron chi connectivity index (χ2n) is 4.89. The smallest absolute Gasteiger partial charge is 0.240 e. The Labute approximate surface area is 113 Å². The van der Waals surface area contributed by atoms with E-state index in [2.05, 4.69) is 0 Å². The minimum Gasteiger partial charge on any atom is -0.370 e. The molecule has 1 aromatic rings. The lowest BCUT2D eigenvalue weighted by molar-refractivity contribution is -0.120. The van der Waals surface area contributed by atoms with Gasteiger partial charge in [0.2, 0.25) is 10.0 Å². The molecule has 1 saturated carbocycles. The number of rotatable bonds is 3. The van der Waals surface area contributed by atoms with E-state index in [9.17, 15) is 13.2 Å². The first-order chi connectivity index (χ1) is 8.89. The summed E-state index contributed by atoms with van der Waals surface area (Å²) in [5.74, 6) is 0.282. The molecule has 104 valence electrons. The molecule has 2 N–H and O–H groups in total. The van der Waals surface area contributed by atoms with Crippen LogP contribution in [0.2, 0.25) is 0 Å². The lowest BCUT2D eigenvalue weighted by Crippen LogP contribution is -2.36. The van der Waals surface area contributed by atoms with Crippen LogP contribution in [0.5, 0.6) is 0 Å². The lowest BCUT2D eigenvalue weighted by atomic mass is 9.93. The molecule has 1 aliphatic rings. The van der Waals surface area contributed by atoms with Crippen molar-refractivity contribution in [3.63, 3.8) is 0 Å². The number of anilines is 1. The Morgan fingerprint density at radius 3 is 2.37 bits per heavy atom. The number of nitrogens with zero attached hydrogens (tertiary/aromatic N) is 1. The van der Waals surface area contributed by atoms with Gasteiger partial charge >= 0.3 is 0 Å². The average molecular weight is 282 g/mol. The molecule has 0 aliphatic heterocycles. The monoisotopic (exact) mass is 282 g/mol. The van der Waals surface area contributed by atoms with Gasteiger partial charge in [-0.3, -0.25) is 4.79 Å². The summed E-state index contributed by atoms with van der Waals surface area (Å²) in [4.78, 5) is 13.3. The maximum atomic E-state index is 11.6. The van der Waals surface area contributed by atoms with E-state index in [0.717, 1.165) is 12.8 Å². The largest absolute Gasteiger partial charge is 0.370 e. The van der Waals surface area contributed by atoms with Gasteiger partial charge in [0.05, 0.1) is 5.69 Å². The second kappa shape index (κ2) is 5.30. The number of Topliss-reactive ketones (excluding diaryl/α,β-unsaturated/α-hetero) is 1. The van der Waals surface area contributed by atoms with E-state index in [1.54, 1.807) is 18.2 Å². The number of benzene rings is 1. The molecule has 0 spiro atoms. The minimum absolute atomic E-state index is 0.134. The zero-order chi connectivity index (χ0) is 14.0. The molecule has 0 bridgehead atoms. The molecule has 0 unspecified atom stereocenters. The van der Waals surface area contributed by atoms with E-state index >= 15 is 0 Å². The van der Waals surface area contributed by atoms with Gasteiger partial charge in [-0.1, -0.05) is 12.1 Å². The number of carbonyl (C=O) groups is 1. The Balaban J connectivity index is 2.29. The number of hydrogen-bond acceptors (Lipinski definition) is 4. The third-order valence-electron chi connectivity index (χ3n) is 3.61. The van der Waals surface area contributed by atoms with Gasteiger partial charge in [-0.25, -0.2) is 13.6 Å². The number of para-hydroxylation sites is 1. The fraction of sp³-hybridized carbons (Fsp3) is 0.462. The Morgan fingerprint density at radius 2 is 1.79 bits per heavy atom. The number of ketones is 1. The number of nitrogens with two attached hydrogens (primary N) is 1. The topological polar surface area (TPSA) is 80.5 Å². The van der Waals surface area contributed by atoms with Crippen LogP contribution in [-0.2, 0) is 14.8 Å². The van der Waals surface area contributed by atoms with Gasteiger partial charge in [0.15, 0.2) is 0 Å². The zero-order valence-corrected chi connectivity index (χ0v) is 11.7. The first-order valence-corrected chi connectivity index (χ1v) is 7.80. The average Bonchev–Trinajstić information content (AvgIpc) is 2.38. The molecule has 0 radical (unpaired) electrons. The first kappa shape index (κ1) is 14.0. The van der Waals surface area contributed by atoms with Crippen molar-refractivity contribution in [3.05, 3.63) is 24.3 Å². The minimum atomic E-state index is -3.74. The van der Waals surface area contributed by atoms with Crippen LogP contribution in [0.1, 0.15) is 25.7 Å². The predicted octanol–water partition coefficient (Wildman–Crippen LogP) is 1.28. The standard InChI is InChI=1S/C13H18N2O3S/c1-15(10-6-8-11(16)9-7-10)12-4-2-3-5-13(12)19(14,17)18/h2-5,10H,6-9H2,1H3,(H2,14,17,18). The Bertz CT molecular complexity index is 573. The van der Waals surface area contributed by atoms with Crippen molar-refractivity contribution < 1.29 is 13.2 Å². The summed E-state index contributed by atoms with van der Waals surface area (Å²) in [5.41, 5.74) is 0.601. The molecule has 19 heavy (non-hydrogen) atoms. The molecule has 1 aliphatic carbocycles. The molecule has 5 nitrogen and oxygen atoms in total. The van der Waals surface area contributed by atoms with Crippen LogP contribution >= 0.6 is 0 Å². The molecule has 0 saturated heterocycles.